The van der Waals surface area contributed by atoms with Gasteiger partial charge in [-0.2, -0.15) is 0 Å². The second-order valence-corrected chi connectivity index (χ2v) is 6.75. The summed E-state index contributed by atoms with van der Waals surface area (Å²) >= 11 is 1.63. The normalized spacial score (nSPS) is 13.9. The highest BCUT2D eigenvalue weighted by molar-refractivity contribution is 7.18. The number of aromatic nitrogens is 3. The third-order valence-electron chi connectivity index (χ3n) is 4.16. The molecule has 0 aliphatic heterocycles. The lowest BCUT2D eigenvalue weighted by Gasteiger charge is -2.10. The second kappa shape index (κ2) is 6.12. The van der Waals surface area contributed by atoms with E-state index in [1.54, 1.807) is 11.3 Å². The summed E-state index contributed by atoms with van der Waals surface area (Å²) in [6, 6.07) is 9.58. The molecule has 0 radical (unpaired) electrons. The van der Waals surface area contributed by atoms with Crippen molar-refractivity contribution in [3.63, 3.8) is 0 Å². The molecule has 23 heavy (non-hydrogen) atoms. The van der Waals surface area contributed by atoms with Crippen LogP contribution >= 0.6 is 11.3 Å². The molecule has 0 spiro atoms. The number of rotatable bonds is 4. The first kappa shape index (κ1) is 14.4. The van der Waals surface area contributed by atoms with Gasteiger partial charge in [0.1, 0.15) is 12.4 Å². The van der Waals surface area contributed by atoms with Crippen LogP contribution in [0.3, 0.4) is 0 Å². The Morgan fingerprint density at radius 1 is 1.17 bits per heavy atom. The topological polar surface area (TPSA) is 57.0 Å². The summed E-state index contributed by atoms with van der Waals surface area (Å²) < 4.78 is 7.07. The van der Waals surface area contributed by atoms with Crippen molar-refractivity contribution < 1.29 is 4.74 Å². The van der Waals surface area contributed by atoms with E-state index in [4.69, 9.17) is 4.74 Å². The zero-order valence-corrected chi connectivity index (χ0v) is 13.5. The predicted molar refractivity (Wildman–Crippen MR) is 90.3 cm³/mol. The van der Waals surface area contributed by atoms with Crippen LogP contribution in [0.5, 0.6) is 5.75 Å². The predicted octanol–water partition coefficient (Wildman–Crippen LogP) is 2.81. The van der Waals surface area contributed by atoms with Crippen LogP contribution in [0, 0.1) is 0 Å². The minimum absolute atomic E-state index is 0.0361. The molecule has 0 fully saturated rings. The van der Waals surface area contributed by atoms with Crippen molar-refractivity contribution in [1.82, 2.24) is 15.0 Å². The smallest absolute Gasteiger partial charge is 0.278 e. The molecule has 2 heterocycles. The van der Waals surface area contributed by atoms with Crippen molar-refractivity contribution >= 4 is 21.6 Å². The van der Waals surface area contributed by atoms with Gasteiger partial charge in [-0.15, -0.1) is 16.4 Å². The molecule has 0 amide bonds. The van der Waals surface area contributed by atoms with Crippen molar-refractivity contribution in [3.05, 3.63) is 51.1 Å². The molecule has 0 saturated carbocycles. The first-order chi connectivity index (χ1) is 11.3. The van der Waals surface area contributed by atoms with Crippen molar-refractivity contribution in [3.8, 4) is 5.75 Å². The van der Waals surface area contributed by atoms with Crippen LogP contribution < -0.4 is 10.3 Å². The third-order valence-corrected chi connectivity index (χ3v) is 5.34. The van der Waals surface area contributed by atoms with Crippen LogP contribution in [0.15, 0.2) is 35.1 Å². The quantitative estimate of drug-likeness (QED) is 0.739. The van der Waals surface area contributed by atoms with Gasteiger partial charge in [0.2, 0.25) is 0 Å². The lowest BCUT2D eigenvalue weighted by atomic mass is 9.97. The zero-order valence-electron chi connectivity index (χ0n) is 12.7. The van der Waals surface area contributed by atoms with Crippen molar-refractivity contribution in [2.24, 2.45) is 0 Å². The summed E-state index contributed by atoms with van der Waals surface area (Å²) in [5, 5.41) is 9.09. The summed E-state index contributed by atoms with van der Waals surface area (Å²) in [5.41, 5.74) is 1.17. The van der Waals surface area contributed by atoms with E-state index in [2.05, 4.69) is 10.3 Å². The standard InChI is InChI=1S/C17H17N3O2S/c21-17-15-13-8-4-5-9-14(13)23-16(15)18-19-20(17)10-11-22-12-6-2-1-3-7-12/h1-3,6-7H,4-5,8-11H2. The van der Waals surface area contributed by atoms with Crippen LogP contribution in [-0.4, -0.2) is 21.6 Å². The third kappa shape index (κ3) is 2.74. The lowest BCUT2D eigenvalue weighted by molar-refractivity contribution is 0.285. The molecule has 2 aromatic heterocycles. The largest absolute Gasteiger partial charge is 0.492 e. The molecule has 1 aliphatic rings. The molecule has 1 aromatic carbocycles. The molecule has 4 rings (SSSR count). The first-order valence-corrected chi connectivity index (χ1v) is 8.70. The Hall–Kier alpha value is -2.21. The number of ether oxygens (including phenoxy) is 1. The number of thiophene rings is 1. The van der Waals surface area contributed by atoms with Crippen LogP contribution in [0.4, 0.5) is 0 Å². The molecule has 5 nitrogen and oxygen atoms in total. The Balaban J connectivity index is 1.58. The maximum Gasteiger partial charge on any atom is 0.278 e. The van der Waals surface area contributed by atoms with Gasteiger partial charge in [-0.3, -0.25) is 4.79 Å². The first-order valence-electron chi connectivity index (χ1n) is 7.89. The maximum absolute atomic E-state index is 12.7. The van der Waals surface area contributed by atoms with E-state index in [0.29, 0.717) is 13.2 Å². The monoisotopic (exact) mass is 327 g/mol. The molecule has 3 aromatic rings. The van der Waals surface area contributed by atoms with E-state index in [1.807, 2.05) is 30.3 Å². The number of aryl methyl sites for hydroxylation is 2. The van der Waals surface area contributed by atoms with Crippen LogP contribution in [0.25, 0.3) is 10.2 Å². The Morgan fingerprint density at radius 2 is 2.00 bits per heavy atom. The minimum atomic E-state index is -0.0361. The van der Waals surface area contributed by atoms with Gasteiger partial charge in [-0.1, -0.05) is 23.4 Å². The average Bonchev–Trinajstić information content (AvgIpc) is 2.97. The number of para-hydroxylation sites is 1. The molecular weight excluding hydrogens is 310 g/mol. The number of hydrogen-bond acceptors (Lipinski definition) is 5. The van der Waals surface area contributed by atoms with E-state index < -0.39 is 0 Å². The fraction of sp³-hybridized carbons (Fsp3) is 0.353. The highest BCUT2D eigenvalue weighted by Crippen LogP contribution is 2.33. The van der Waals surface area contributed by atoms with E-state index >= 15 is 0 Å². The number of benzene rings is 1. The van der Waals surface area contributed by atoms with Crippen molar-refractivity contribution in [2.45, 2.75) is 32.2 Å². The van der Waals surface area contributed by atoms with Gasteiger partial charge in [-0.25, -0.2) is 4.68 Å². The van der Waals surface area contributed by atoms with Gasteiger partial charge in [0.15, 0.2) is 4.83 Å². The molecule has 0 bridgehead atoms. The van der Waals surface area contributed by atoms with Gasteiger partial charge in [0.05, 0.1) is 11.9 Å². The maximum atomic E-state index is 12.7. The summed E-state index contributed by atoms with van der Waals surface area (Å²) in [4.78, 5) is 14.8. The molecule has 6 heteroatoms. The van der Waals surface area contributed by atoms with Crippen LogP contribution in [0.1, 0.15) is 23.3 Å². The van der Waals surface area contributed by atoms with Gasteiger partial charge in [-0.05, 0) is 43.4 Å². The molecule has 1 aliphatic carbocycles. The van der Waals surface area contributed by atoms with Crippen LogP contribution in [-0.2, 0) is 19.4 Å². The fourth-order valence-corrected chi connectivity index (χ4v) is 4.22. The molecule has 0 atom stereocenters. The molecular formula is C17H17N3O2S. The van der Waals surface area contributed by atoms with Crippen LogP contribution in [0.2, 0.25) is 0 Å². The van der Waals surface area contributed by atoms with E-state index in [1.165, 1.54) is 21.5 Å². The number of hydrogen-bond donors (Lipinski definition) is 0. The van der Waals surface area contributed by atoms with E-state index in [0.717, 1.165) is 35.2 Å². The number of fused-ring (bicyclic) bond motifs is 3. The van der Waals surface area contributed by atoms with Crippen molar-refractivity contribution in [1.29, 1.82) is 0 Å². The number of nitrogens with zero attached hydrogens (tertiary/aromatic N) is 3. The Kier molecular flexibility index (Phi) is 3.83. The highest BCUT2D eigenvalue weighted by atomic mass is 32.1. The minimum Gasteiger partial charge on any atom is -0.492 e. The fourth-order valence-electron chi connectivity index (χ4n) is 3.02. The van der Waals surface area contributed by atoms with E-state index in [-0.39, 0.29) is 5.56 Å². The summed E-state index contributed by atoms with van der Waals surface area (Å²) in [5.74, 6) is 0.794. The molecule has 0 unspecified atom stereocenters. The second-order valence-electron chi connectivity index (χ2n) is 5.67. The summed E-state index contributed by atoms with van der Waals surface area (Å²) in [7, 11) is 0. The van der Waals surface area contributed by atoms with Gasteiger partial charge >= 0.3 is 0 Å². The van der Waals surface area contributed by atoms with Gasteiger partial charge in [0.25, 0.3) is 5.56 Å². The van der Waals surface area contributed by atoms with E-state index in [9.17, 15) is 4.79 Å². The SMILES string of the molecule is O=c1c2c3c(sc2nnn1CCOc1ccccc1)CCCC3. The Labute approximate surface area is 137 Å². The van der Waals surface area contributed by atoms with Crippen molar-refractivity contribution in [2.75, 3.05) is 6.61 Å². The van der Waals surface area contributed by atoms with Gasteiger partial charge < -0.3 is 4.74 Å². The lowest BCUT2D eigenvalue weighted by Crippen LogP contribution is -2.27. The zero-order chi connectivity index (χ0) is 15.6. The summed E-state index contributed by atoms with van der Waals surface area (Å²) in [6.45, 7) is 0.803. The average molecular weight is 327 g/mol. The molecule has 0 N–H and O–H groups in total. The highest BCUT2D eigenvalue weighted by Gasteiger charge is 2.20. The van der Waals surface area contributed by atoms with Gasteiger partial charge in [0, 0.05) is 4.88 Å². The molecule has 0 saturated heterocycles. The Bertz CT molecular complexity index is 886. The molecule has 118 valence electrons. The summed E-state index contributed by atoms with van der Waals surface area (Å²) in [6.07, 6.45) is 4.40. The Morgan fingerprint density at radius 3 is 2.87 bits per heavy atom.